The zero-order valence-corrected chi connectivity index (χ0v) is 12.3. The van der Waals surface area contributed by atoms with Gasteiger partial charge in [0.25, 0.3) is 0 Å². The van der Waals surface area contributed by atoms with Gasteiger partial charge in [-0.25, -0.2) is 0 Å². The Bertz CT molecular complexity index is 207. The van der Waals surface area contributed by atoms with Gasteiger partial charge in [0.1, 0.15) is 0 Å². The Labute approximate surface area is 109 Å². The monoisotopic (exact) mass is 297 g/mol. The SMILES string of the molecule is CCCCC1=CC[C]([Zr])=C1C.Cl.Cl. The number of halogens is 2. The molecular formula is C10H17Cl2Zr. The number of unbranched alkanes of at least 4 members (excludes halogenated alkanes) is 1. The summed E-state index contributed by atoms with van der Waals surface area (Å²) in [6.45, 7) is 4.53. The molecule has 0 spiro atoms. The van der Waals surface area contributed by atoms with Crippen molar-refractivity contribution in [1.82, 2.24) is 0 Å². The first kappa shape index (κ1) is 16.4. The molecule has 0 saturated carbocycles. The van der Waals surface area contributed by atoms with Crippen LogP contribution in [0.2, 0.25) is 0 Å². The van der Waals surface area contributed by atoms with Crippen molar-refractivity contribution in [2.24, 2.45) is 0 Å². The first-order chi connectivity index (χ1) is 5.25. The first-order valence-corrected chi connectivity index (χ1v) is 5.59. The number of hydrogen-bond donors (Lipinski definition) is 0. The fraction of sp³-hybridized carbons (Fsp3) is 0.600. The minimum absolute atomic E-state index is 0. The summed E-state index contributed by atoms with van der Waals surface area (Å²) < 4.78 is 1.66. The van der Waals surface area contributed by atoms with E-state index < -0.39 is 0 Å². The van der Waals surface area contributed by atoms with E-state index in [1.54, 1.807) is 39.1 Å². The molecule has 75 valence electrons. The summed E-state index contributed by atoms with van der Waals surface area (Å²) in [5.41, 5.74) is 3.22. The quantitative estimate of drug-likeness (QED) is 0.733. The van der Waals surface area contributed by atoms with E-state index >= 15 is 0 Å². The summed E-state index contributed by atoms with van der Waals surface area (Å²) >= 11 is 1.61. The van der Waals surface area contributed by atoms with Gasteiger partial charge in [-0.3, -0.25) is 0 Å². The molecule has 0 N–H and O–H groups in total. The third-order valence-corrected chi connectivity index (χ3v) is 3.71. The molecule has 3 heteroatoms. The summed E-state index contributed by atoms with van der Waals surface area (Å²) in [5, 5.41) is 0. The average Bonchev–Trinajstić information content (AvgIpc) is 2.31. The molecule has 0 saturated heterocycles. The molecule has 0 nitrogen and oxygen atoms in total. The number of allylic oxidation sites excluding steroid dienone is 4. The summed E-state index contributed by atoms with van der Waals surface area (Å²) in [6.07, 6.45) is 7.63. The van der Waals surface area contributed by atoms with Crippen LogP contribution in [-0.4, -0.2) is 0 Å². The fourth-order valence-electron chi connectivity index (χ4n) is 1.38. The second kappa shape index (κ2) is 8.27. The van der Waals surface area contributed by atoms with E-state index in [0.29, 0.717) is 0 Å². The van der Waals surface area contributed by atoms with Gasteiger partial charge in [-0.1, -0.05) is 0 Å². The first-order valence-electron chi connectivity index (χ1n) is 4.36. The summed E-state index contributed by atoms with van der Waals surface area (Å²) in [6, 6.07) is 0. The van der Waals surface area contributed by atoms with Gasteiger partial charge in [0.05, 0.1) is 0 Å². The molecule has 1 aliphatic rings. The molecule has 0 aromatic rings. The molecule has 0 fully saturated rings. The van der Waals surface area contributed by atoms with Crippen molar-refractivity contribution in [3.8, 4) is 0 Å². The van der Waals surface area contributed by atoms with Crippen LogP contribution in [0.3, 0.4) is 0 Å². The molecular weight excluding hydrogens is 282 g/mol. The third-order valence-electron chi connectivity index (χ3n) is 2.29. The molecule has 0 aliphatic heterocycles. The second-order valence-electron chi connectivity index (χ2n) is 3.14. The Hall–Kier alpha value is 0.943. The molecule has 0 heterocycles. The van der Waals surface area contributed by atoms with E-state index in [2.05, 4.69) is 19.9 Å². The van der Waals surface area contributed by atoms with Crippen LogP contribution in [0, 0.1) is 0 Å². The van der Waals surface area contributed by atoms with Gasteiger partial charge in [-0.2, -0.15) is 0 Å². The average molecular weight is 299 g/mol. The van der Waals surface area contributed by atoms with Crippen LogP contribution >= 0.6 is 24.8 Å². The molecule has 1 aliphatic carbocycles. The van der Waals surface area contributed by atoms with Gasteiger partial charge < -0.3 is 0 Å². The number of rotatable bonds is 3. The predicted molar refractivity (Wildman–Crippen MR) is 59.4 cm³/mol. The topological polar surface area (TPSA) is 0 Å². The van der Waals surface area contributed by atoms with Crippen LogP contribution in [0.25, 0.3) is 0 Å². The van der Waals surface area contributed by atoms with Gasteiger partial charge >= 0.3 is 84.8 Å². The number of hydrogen-bond acceptors (Lipinski definition) is 0. The molecule has 0 aromatic heterocycles. The molecule has 1 rings (SSSR count). The van der Waals surface area contributed by atoms with E-state index in [4.69, 9.17) is 0 Å². The van der Waals surface area contributed by atoms with Crippen LogP contribution in [-0.2, 0) is 24.7 Å². The summed E-state index contributed by atoms with van der Waals surface area (Å²) in [4.78, 5) is 0. The van der Waals surface area contributed by atoms with E-state index in [1.807, 2.05) is 0 Å². The van der Waals surface area contributed by atoms with E-state index in [-0.39, 0.29) is 24.8 Å². The van der Waals surface area contributed by atoms with Crippen LogP contribution in [0.15, 0.2) is 20.5 Å². The van der Waals surface area contributed by atoms with Crippen molar-refractivity contribution in [3.63, 3.8) is 0 Å². The van der Waals surface area contributed by atoms with Crippen LogP contribution < -0.4 is 0 Å². The maximum Gasteiger partial charge on any atom is -0.147 e. The molecule has 0 radical (unpaired) electrons. The van der Waals surface area contributed by atoms with Crippen molar-refractivity contribution in [1.29, 1.82) is 0 Å². The Balaban J connectivity index is 0. The van der Waals surface area contributed by atoms with Crippen LogP contribution in [0.5, 0.6) is 0 Å². The second-order valence-corrected chi connectivity index (χ2v) is 4.62. The summed E-state index contributed by atoms with van der Waals surface area (Å²) in [7, 11) is 0. The van der Waals surface area contributed by atoms with Gasteiger partial charge in [0, 0.05) is 0 Å². The van der Waals surface area contributed by atoms with Crippen LogP contribution in [0.4, 0.5) is 0 Å². The van der Waals surface area contributed by atoms with E-state index in [9.17, 15) is 0 Å². The minimum Gasteiger partial charge on any atom is -0.147 e. The minimum atomic E-state index is 0. The molecule has 0 unspecified atom stereocenters. The molecule has 0 atom stereocenters. The van der Waals surface area contributed by atoms with Gasteiger partial charge in [-0.05, 0) is 0 Å². The Morgan fingerprint density at radius 1 is 1.38 bits per heavy atom. The molecule has 0 bridgehead atoms. The smallest absolute Gasteiger partial charge is 0.147 e. The van der Waals surface area contributed by atoms with Gasteiger partial charge in [-0.15, -0.1) is 24.8 Å². The normalized spacial score (nSPS) is 14.7. The summed E-state index contributed by atoms with van der Waals surface area (Å²) in [5.74, 6) is 0. The van der Waals surface area contributed by atoms with Crippen LogP contribution in [0.1, 0.15) is 39.5 Å². The predicted octanol–water partition coefficient (Wildman–Crippen LogP) is 4.17. The standard InChI is InChI=1S/C10H15.2ClH.Zr/c1-3-4-7-10-8-5-6-9(10)2;;;/h8H,3-5,7H2,1-2H3;2*1H;. The van der Waals surface area contributed by atoms with E-state index in [1.165, 1.54) is 25.7 Å². The fourth-order valence-corrected chi connectivity index (χ4v) is 2.03. The zero-order valence-electron chi connectivity index (χ0n) is 8.22. The largest absolute Gasteiger partial charge is 0.147 e. The Morgan fingerprint density at radius 2 is 2.00 bits per heavy atom. The Morgan fingerprint density at radius 3 is 2.38 bits per heavy atom. The molecule has 0 aromatic carbocycles. The van der Waals surface area contributed by atoms with Crippen molar-refractivity contribution >= 4 is 24.8 Å². The molecule has 13 heavy (non-hydrogen) atoms. The maximum absolute atomic E-state index is 2.41. The van der Waals surface area contributed by atoms with E-state index in [0.717, 1.165) is 0 Å². The van der Waals surface area contributed by atoms with Crippen molar-refractivity contribution in [3.05, 3.63) is 20.5 Å². The van der Waals surface area contributed by atoms with Gasteiger partial charge in [0.15, 0.2) is 0 Å². The Kier molecular flexibility index (Phi) is 10.4. The third kappa shape index (κ3) is 4.81. The maximum atomic E-state index is 2.41. The van der Waals surface area contributed by atoms with Gasteiger partial charge in [0.2, 0.25) is 0 Å². The van der Waals surface area contributed by atoms with Crippen molar-refractivity contribution in [2.45, 2.75) is 39.5 Å². The molecule has 0 amide bonds. The van der Waals surface area contributed by atoms with Crippen molar-refractivity contribution < 1.29 is 24.7 Å². The van der Waals surface area contributed by atoms with Crippen molar-refractivity contribution in [2.75, 3.05) is 0 Å². The zero-order chi connectivity index (χ0) is 8.27.